The van der Waals surface area contributed by atoms with Gasteiger partial charge in [0.05, 0.1) is 11.6 Å². The van der Waals surface area contributed by atoms with E-state index in [9.17, 15) is 4.79 Å². The molecule has 0 fully saturated rings. The smallest absolute Gasteiger partial charge is 0.255 e. The predicted octanol–water partition coefficient (Wildman–Crippen LogP) is 2.85. The van der Waals surface area contributed by atoms with Crippen LogP contribution in [0.4, 0.5) is 11.4 Å². The highest BCUT2D eigenvalue weighted by Crippen LogP contribution is 2.13. The topological polar surface area (TPSA) is 64.9 Å². The van der Waals surface area contributed by atoms with Crippen LogP contribution in [-0.2, 0) is 0 Å². The van der Waals surface area contributed by atoms with E-state index in [1.54, 1.807) is 36.4 Å². The number of carbonyl (C=O) groups is 1. The third kappa shape index (κ3) is 3.11. The van der Waals surface area contributed by atoms with Gasteiger partial charge in [-0.3, -0.25) is 4.79 Å². The maximum Gasteiger partial charge on any atom is 0.255 e. The Labute approximate surface area is 111 Å². The molecule has 4 nitrogen and oxygen atoms in total. The number of hydrogen-bond acceptors (Lipinski definition) is 3. The average Bonchev–Trinajstić information content (AvgIpc) is 2.48. The molecule has 0 radical (unpaired) electrons. The monoisotopic (exact) mass is 251 g/mol. The molecule has 19 heavy (non-hydrogen) atoms. The second kappa shape index (κ2) is 5.69. The van der Waals surface area contributed by atoms with Crippen molar-refractivity contribution in [2.45, 2.75) is 0 Å². The molecule has 1 amide bonds. The molecule has 0 aliphatic rings. The predicted molar refractivity (Wildman–Crippen MR) is 75.1 cm³/mol. The van der Waals surface area contributed by atoms with E-state index in [0.29, 0.717) is 16.8 Å². The fraction of sp³-hybridized carbons (Fsp3) is 0.0667. The molecule has 2 aromatic rings. The number of anilines is 2. The zero-order valence-electron chi connectivity index (χ0n) is 10.5. The maximum atomic E-state index is 12.0. The van der Waals surface area contributed by atoms with Crippen LogP contribution >= 0.6 is 0 Å². The summed E-state index contributed by atoms with van der Waals surface area (Å²) in [6, 6.07) is 16.0. The number of carbonyl (C=O) groups excluding carboxylic acids is 1. The molecular weight excluding hydrogens is 238 g/mol. The molecule has 0 saturated carbocycles. The molecule has 0 spiro atoms. The summed E-state index contributed by atoms with van der Waals surface area (Å²) < 4.78 is 0. The van der Waals surface area contributed by atoms with Gasteiger partial charge in [-0.25, -0.2) is 0 Å². The quantitative estimate of drug-likeness (QED) is 0.881. The molecule has 2 rings (SSSR count). The molecule has 0 saturated heterocycles. The van der Waals surface area contributed by atoms with Crippen LogP contribution in [0.15, 0.2) is 48.5 Å². The second-order valence-electron chi connectivity index (χ2n) is 3.97. The number of benzene rings is 2. The van der Waals surface area contributed by atoms with Crippen molar-refractivity contribution in [3.63, 3.8) is 0 Å². The minimum Gasteiger partial charge on any atom is -0.388 e. The Kier molecular flexibility index (Phi) is 3.79. The van der Waals surface area contributed by atoms with Gasteiger partial charge >= 0.3 is 0 Å². The third-order valence-electron chi connectivity index (χ3n) is 2.71. The van der Waals surface area contributed by atoms with E-state index < -0.39 is 0 Å². The van der Waals surface area contributed by atoms with E-state index in [1.165, 1.54) is 0 Å². The van der Waals surface area contributed by atoms with Crippen LogP contribution in [0, 0.1) is 11.3 Å². The van der Waals surface area contributed by atoms with Crippen LogP contribution in [0.3, 0.4) is 0 Å². The van der Waals surface area contributed by atoms with Crippen molar-refractivity contribution in [2.24, 2.45) is 0 Å². The lowest BCUT2D eigenvalue weighted by molar-refractivity contribution is 0.102. The van der Waals surface area contributed by atoms with Crippen LogP contribution < -0.4 is 10.6 Å². The van der Waals surface area contributed by atoms with Crippen LogP contribution in [0.2, 0.25) is 0 Å². The molecule has 0 aromatic heterocycles. The molecule has 4 heteroatoms. The first-order chi connectivity index (χ1) is 9.22. The summed E-state index contributed by atoms with van der Waals surface area (Å²) in [5.41, 5.74) is 2.77. The van der Waals surface area contributed by atoms with Crippen molar-refractivity contribution in [3.8, 4) is 6.07 Å². The largest absolute Gasteiger partial charge is 0.388 e. The molecular formula is C15H13N3O. The Morgan fingerprint density at radius 2 is 1.58 bits per heavy atom. The molecule has 0 aliphatic carbocycles. The molecule has 0 aliphatic heterocycles. The van der Waals surface area contributed by atoms with Crippen molar-refractivity contribution in [1.82, 2.24) is 0 Å². The normalized spacial score (nSPS) is 9.47. The average molecular weight is 251 g/mol. The lowest BCUT2D eigenvalue weighted by atomic mass is 10.1. The van der Waals surface area contributed by atoms with Gasteiger partial charge in [0.15, 0.2) is 0 Å². The summed E-state index contributed by atoms with van der Waals surface area (Å²) in [6.07, 6.45) is 0. The Balaban J connectivity index is 2.09. The molecule has 0 unspecified atom stereocenters. The number of amides is 1. The van der Waals surface area contributed by atoms with Gasteiger partial charge in [0.2, 0.25) is 0 Å². The summed E-state index contributed by atoms with van der Waals surface area (Å²) >= 11 is 0. The number of nitrogens with one attached hydrogen (secondary N) is 2. The van der Waals surface area contributed by atoms with Crippen LogP contribution in [0.1, 0.15) is 15.9 Å². The van der Waals surface area contributed by atoms with E-state index in [4.69, 9.17) is 5.26 Å². The van der Waals surface area contributed by atoms with E-state index in [2.05, 4.69) is 10.6 Å². The highest BCUT2D eigenvalue weighted by Gasteiger charge is 2.05. The zero-order chi connectivity index (χ0) is 13.7. The highest BCUT2D eigenvalue weighted by atomic mass is 16.1. The summed E-state index contributed by atoms with van der Waals surface area (Å²) in [5, 5.41) is 14.5. The van der Waals surface area contributed by atoms with Crippen molar-refractivity contribution in [2.75, 3.05) is 17.7 Å². The Bertz CT molecular complexity index is 609. The van der Waals surface area contributed by atoms with Crippen LogP contribution in [0.25, 0.3) is 0 Å². The third-order valence-corrected chi connectivity index (χ3v) is 2.71. The molecule has 0 atom stereocenters. The lowest BCUT2D eigenvalue weighted by Crippen LogP contribution is -2.11. The lowest BCUT2D eigenvalue weighted by Gasteiger charge is -2.06. The van der Waals surface area contributed by atoms with Crippen LogP contribution in [-0.4, -0.2) is 13.0 Å². The summed E-state index contributed by atoms with van der Waals surface area (Å²) in [5.74, 6) is -0.174. The van der Waals surface area contributed by atoms with Crippen molar-refractivity contribution < 1.29 is 4.79 Å². The molecule has 2 N–H and O–H groups in total. The van der Waals surface area contributed by atoms with Crippen molar-refractivity contribution in [1.29, 1.82) is 5.26 Å². The molecule has 0 bridgehead atoms. The Morgan fingerprint density at radius 1 is 1.00 bits per heavy atom. The zero-order valence-corrected chi connectivity index (χ0v) is 10.5. The van der Waals surface area contributed by atoms with Gasteiger partial charge in [0.1, 0.15) is 0 Å². The fourth-order valence-corrected chi connectivity index (χ4v) is 1.62. The van der Waals surface area contributed by atoms with Gasteiger partial charge in [-0.1, -0.05) is 0 Å². The number of nitriles is 1. The minimum absolute atomic E-state index is 0.174. The Hall–Kier alpha value is -2.80. The number of hydrogen-bond donors (Lipinski definition) is 2. The van der Waals surface area contributed by atoms with E-state index >= 15 is 0 Å². The molecule has 94 valence electrons. The van der Waals surface area contributed by atoms with E-state index in [-0.39, 0.29) is 5.91 Å². The minimum atomic E-state index is -0.174. The van der Waals surface area contributed by atoms with Crippen LogP contribution in [0.5, 0.6) is 0 Å². The fourth-order valence-electron chi connectivity index (χ4n) is 1.62. The number of nitrogens with zero attached hydrogens (tertiary/aromatic N) is 1. The maximum absolute atomic E-state index is 12.0. The Morgan fingerprint density at radius 3 is 2.11 bits per heavy atom. The first-order valence-corrected chi connectivity index (χ1v) is 5.82. The highest BCUT2D eigenvalue weighted by molar-refractivity contribution is 6.04. The van der Waals surface area contributed by atoms with Gasteiger partial charge in [-0.05, 0) is 48.5 Å². The van der Waals surface area contributed by atoms with E-state index in [1.807, 2.05) is 25.2 Å². The van der Waals surface area contributed by atoms with Crippen molar-refractivity contribution in [3.05, 3.63) is 59.7 Å². The summed E-state index contributed by atoms with van der Waals surface area (Å²) in [7, 11) is 1.83. The van der Waals surface area contributed by atoms with Gasteiger partial charge < -0.3 is 10.6 Å². The summed E-state index contributed by atoms with van der Waals surface area (Å²) in [6.45, 7) is 0. The summed E-state index contributed by atoms with van der Waals surface area (Å²) in [4.78, 5) is 12.0. The second-order valence-corrected chi connectivity index (χ2v) is 3.97. The number of rotatable bonds is 3. The molecule has 2 aromatic carbocycles. The van der Waals surface area contributed by atoms with Gasteiger partial charge in [0, 0.05) is 24.0 Å². The van der Waals surface area contributed by atoms with Gasteiger partial charge in [-0.2, -0.15) is 5.26 Å². The van der Waals surface area contributed by atoms with E-state index in [0.717, 1.165) is 5.69 Å². The van der Waals surface area contributed by atoms with Crippen molar-refractivity contribution >= 4 is 17.3 Å². The van der Waals surface area contributed by atoms with Gasteiger partial charge in [-0.15, -0.1) is 0 Å². The SMILES string of the molecule is CNc1ccc(C(=O)Nc2ccc(C#N)cc2)cc1. The van der Waals surface area contributed by atoms with Gasteiger partial charge in [0.25, 0.3) is 5.91 Å². The first kappa shape index (κ1) is 12.7. The molecule has 0 heterocycles. The standard InChI is InChI=1S/C15H13N3O/c1-17-13-8-4-12(5-9-13)15(19)18-14-6-2-11(10-16)3-7-14/h2-9,17H,1H3,(H,18,19). The first-order valence-electron chi connectivity index (χ1n) is 5.82.